The lowest BCUT2D eigenvalue weighted by Crippen LogP contribution is -2.04. The first-order valence-electron chi connectivity index (χ1n) is 11.7. The minimum atomic E-state index is 0.327. The number of hydrogen-bond acceptors (Lipinski definition) is 6. The van der Waals surface area contributed by atoms with Crippen molar-refractivity contribution in [1.82, 2.24) is 19.7 Å². The van der Waals surface area contributed by atoms with E-state index >= 15 is 0 Å². The Bertz CT molecular complexity index is 1550. The molecule has 0 aliphatic heterocycles. The molecule has 0 aliphatic rings. The number of aromatic nitrogens is 4. The van der Waals surface area contributed by atoms with Crippen LogP contribution in [0.15, 0.2) is 76.3 Å². The molecular formula is C27H24BrClN6O. The quantitative estimate of drug-likeness (QED) is 0.151. The van der Waals surface area contributed by atoms with Crippen molar-refractivity contribution in [1.29, 1.82) is 0 Å². The van der Waals surface area contributed by atoms with Crippen molar-refractivity contribution in [3.63, 3.8) is 0 Å². The summed E-state index contributed by atoms with van der Waals surface area (Å²) in [5.41, 5.74) is 7.31. The lowest BCUT2D eigenvalue weighted by Gasteiger charge is -2.10. The van der Waals surface area contributed by atoms with Crippen LogP contribution in [0.25, 0.3) is 22.1 Å². The molecular weight excluding hydrogens is 540 g/mol. The third-order valence-electron chi connectivity index (χ3n) is 5.79. The van der Waals surface area contributed by atoms with Gasteiger partial charge in [0.15, 0.2) is 5.65 Å². The summed E-state index contributed by atoms with van der Waals surface area (Å²) in [6.07, 6.45) is 3.82. The second-order valence-electron chi connectivity index (χ2n) is 8.26. The van der Waals surface area contributed by atoms with E-state index in [4.69, 9.17) is 21.3 Å². The number of ether oxygens (including phenoxy) is 1. The zero-order chi connectivity index (χ0) is 24.9. The van der Waals surface area contributed by atoms with Gasteiger partial charge < -0.3 is 9.30 Å². The van der Waals surface area contributed by atoms with Crippen LogP contribution >= 0.6 is 27.5 Å². The van der Waals surface area contributed by atoms with Gasteiger partial charge >= 0.3 is 0 Å². The summed E-state index contributed by atoms with van der Waals surface area (Å²) in [6, 6.07) is 21.5. The summed E-state index contributed by atoms with van der Waals surface area (Å²) in [5, 5.41) is 14.8. The van der Waals surface area contributed by atoms with Gasteiger partial charge in [0.2, 0.25) is 0 Å². The molecule has 36 heavy (non-hydrogen) atoms. The van der Waals surface area contributed by atoms with E-state index in [1.165, 1.54) is 0 Å². The van der Waals surface area contributed by atoms with E-state index < -0.39 is 0 Å². The van der Waals surface area contributed by atoms with Gasteiger partial charge in [0.1, 0.15) is 17.9 Å². The number of hydrazone groups is 1. The molecule has 0 spiro atoms. The summed E-state index contributed by atoms with van der Waals surface area (Å²) in [5.74, 6) is 1.01. The van der Waals surface area contributed by atoms with Gasteiger partial charge in [0.25, 0.3) is 5.95 Å². The maximum absolute atomic E-state index is 6.27. The molecule has 0 bridgehead atoms. The third-order valence-corrected chi connectivity index (χ3v) is 6.65. The minimum absolute atomic E-state index is 0.327. The number of unbranched alkanes of at least 4 members (excludes halogenated alkanes) is 1. The summed E-state index contributed by atoms with van der Waals surface area (Å²) < 4.78 is 9.15. The molecule has 0 atom stereocenters. The van der Waals surface area contributed by atoms with E-state index in [1.807, 2.05) is 54.6 Å². The fourth-order valence-electron chi connectivity index (χ4n) is 3.98. The zero-order valence-corrected chi connectivity index (χ0v) is 22.0. The SMILES string of the molecule is CCCCn1c2ccccc2c2nnc(N/N=C/c3cc(Br)ccc3OCc3ccccc3Cl)nc21. The van der Waals surface area contributed by atoms with Crippen molar-refractivity contribution < 1.29 is 4.74 Å². The van der Waals surface area contributed by atoms with Crippen molar-refractivity contribution >= 4 is 61.8 Å². The first-order chi connectivity index (χ1) is 17.6. The fourth-order valence-corrected chi connectivity index (χ4v) is 4.54. The number of para-hydroxylation sites is 1. The molecule has 5 rings (SSSR count). The van der Waals surface area contributed by atoms with Crippen molar-refractivity contribution in [2.24, 2.45) is 5.10 Å². The maximum Gasteiger partial charge on any atom is 0.265 e. The normalized spacial score (nSPS) is 11.5. The molecule has 0 unspecified atom stereocenters. The van der Waals surface area contributed by atoms with Crippen LogP contribution in [-0.4, -0.2) is 26.0 Å². The van der Waals surface area contributed by atoms with Crippen LogP contribution in [0.1, 0.15) is 30.9 Å². The molecule has 7 nitrogen and oxygen atoms in total. The molecule has 1 N–H and O–H groups in total. The molecule has 0 aliphatic carbocycles. The maximum atomic E-state index is 6.27. The molecule has 0 fully saturated rings. The number of halogens is 2. The Balaban J connectivity index is 1.38. The molecule has 0 saturated carbocycles. The van der Waals surface area contributed by atoms with Gasteiger partial charge in [-0.2, -0.15) is 10.1 Å². The van der Waals surface area contributed by atoms with Crippen molar-refractivity contribution in [2.45, 2.75) is 32.9 Å². The summed E-state index contributed by atoms with van der Waals surface area (Å²) in [7, 11) is 0. The van der Waals surface area contributed by atoms with E-state index in [0.29, 0.717) is 23.3 Å². The topological polar surface area (TPSA) is 77.2 Å². The molecule has 0 amide bonds. The first-order valence-corrected chi connectivity index (χ1v) is 12.9. The molecule has 0 radical (unpaired) electrons. The highest BCUT2D eigenvalue weighted by atomic mass is 79.9. The van der Waals surface area contributed by atoms with Crippen LogP contribution < -0.4 is 10.2 Å². The van der Waals surface area contributed by atoms with Gasteiger partial charge in [0.05, 0.1) is 11.7 Å². The van der Waals surface area contributed by atoms with E-state index in [1.54, 1.807) is 6.21 Å². The van der Waals surface area contributed by atoms with Gasteiger partial charge in [-0.15, -0.1) is 10.2 Å². The predicted octanol–water partition coefficient (Wildman–Crippen LogP) is 7.22. The third kappa shape index (κ3) is 5.20. The predicted molar refractivity (Wildman–Crippen MR) is 149 cm³/mol. The Labute approximate surface area is 222 Å². The fraction of sp³-hybridized carbons (Fsp3) is 0.185. The van der Waals surface area contributed by atoms with Crippen molar-refractivity contribution in [2.75, 3.05) is 5.43 Å². The van der Waals surface area contributed by atoms with Crippen LogP contribution in [0.4, 0.5) is 5.95 Å². The second-order valence-corrected chi connectivity index (χ2v) is 9.59. The highest BCUT2D eigenvalue weighted by Crippen LogP contribution is 2.27. The Morgan fingerprint density at radius 3 is 2.78 bits per heavy atom. The highest BCUT2D eigenvalue weighted by Gasteiger charge is 2.14. The molecule has 9 heteroatoms. The van der Waals surface area contributed by atoms with Gasteiger partial charge in [-0.05, 0) is 36.8 Å². The largest absolute Gasteiger partial charge is 0.488 e. The van der Waals surface area contributed by atoms with Crippen LogP contribution in [0.3, 0.4) is 0 Å². The molecule has 182 valence electrons. The van der Waals surface area contributed by atoms with E-state index in [0.717, 1.165) is 57.1 Å². The average molecular weight is 564 g/mol. The monoisotopic (exact) mass is 562 g/mol. The lowest BCUT2D eigenvalue weighted by molar-refractivity contribution is 0.306. The Kier molecular flexibility index (Phi) is 7.44. The minimum Gasteiger partial charge on any atom is -0.488 e. The number of nitrogens with one attached hydrogen (secondary N) is 1. The van der Waals surface area contributed by atoms with E-state index in [-0.39, 0.29) is 0 Å². The van der Waals surface area contributed by atoms with Gasteiger partial charge in [0, 0.05) is 32.6 Å². The summed E-state index contributed by atoms with van der Waals surface area (Å²) >= 11 is 9.78. The Hall–Kier alpha value is -3.49. The molecule has 3 aromatic carbocycles. The first kappa shape index (κ1) is 24.2. The Morgan fingerprint density at radius 2 is 1.92 bits per heavy atom. The number of fused-ring (bicyclic) bond motifs is 3. The number of rotatable bonds is 9. The van der Waals surface area contributed by atoms with Crippen molar-refractivity contribution in [3.8, 4) is 5.75 Å². The summed E-state index contributed by atoms with van der Waals surface area (Å²) in [4.78, 5) is 4.73. The zero-order valence-electron chi connectivity index (χ0n) is 19.7. The highest BCUT2D eigenvalue weighted by molar-refractivity contribution is 9.10. The van der Waals surface area contributed by atoms with Crippen LogP contribution in [-0.2, 0) is 13.2 Å². The molecule has 2 heterocycles. The van der Waals surface area contributed by atoms with E-state index in [9.17, 15) is 0 Å². The smallest absolute Gasteiger partial charge is 0.265 e. The van der Waals surface area contributed by atoms with Crippen LogP contribution in [0.2, 0.25) is 5.02 Å². The number of aryl methyl sites for hydroxylation is 1. The Morgan fingerprint density at radius 1 is 1.08 bits per heavy atom. The van der Waals surface area contributed by atoms with Gasteiger partial charge in [-0.1, -0.05) is 77.3 Å². The van der Waals surface area contributed by atoms with Gasteiger partial charge in [-0.25, -0.2) is 5.43 Å². The van der Waals surface area contributed by atoms with Crippen molar-refractivity contribution in [3.05, 3.63) is 87.4 Å². The lowest BCUT2D eigenvalue weighted by atomic mass is 10.2. The average Bonchev–Trinajstić information content (AvgIpc) is 3.20. The molecule has 0 saturated heterocycles. The number of anilines is 1. The van der Waals surface area contributed by atoms with E-state index in [2.05, 4.69) is 60.3 Å². The number of nitrogens with zero attached hydrogens (tertiary/aromatic N) is 5. The standard InChI is InChI=1S/C27H24BrClN6O/c1-2-3-14-35-23-11-7-5-9-21(23)25-26(35)31-27(34-32-25)33-30-16-19-15-20(28)12-13-24(19)36-17-18-8-4-6-10-22(18)29/h4-13,15-16H,2-3,14,17H2,1H3,(H,31,33,34)/b30-16+. The van der Waals surface area contributed by atoms with Crippen LogP contribution in [0.5, 0.6) is 5.75 Å². The summed E-state index contributed by atoms with van der Waals surface area (Å²) in [6.45, 7) is 3.39. The van der Waals surface area contributed by atoms with Crippen LogP contribution in [0, 0.1) is 0 Å². The molecule has 2 aromatic heterocycles. The van der Waals surface area contributed by atoms with Gasteiger partial charge in [-0.3, -0.25) is 0 Å². The molecule has 5 aromatic rings. The number of benzene rings is 3. The second kappa shape index (κ2) is 11.1. The number of hydrogen-bond donors (Lipinski definition) is 1.